The van der Waals surface area contributed by atoms with E-state index >= 15 is 0 Å². The van der Waals surface area contributed by atoms with Crippen LogP contribution in [0.1, 0.15) is 24.0 Å². The Kier molecular flexibility index (Phi) is 5.04. The average molecular weight is 227 g/mol. The molecule has 88 valence electrons. The van der Waals surface area contributed by atoms with Crippen LogP contribution in [0.25, 0.3) is 0 Å². The van der Waals surface area contributed by atoms with Gasteiger partial charge < -0.3 is 4.90 Å². The summed E-state index contributed by atoms with van der Waals surface area (Å²) in [6.45, 7) is 5.47. The predicted molar refractivity (Wildman–Crippen MR) is 68.6 cm³/mol. The van der Waals surface area contributed by atoms with Crippen LogP contribution in [0.2, 0.25) is 0 Å². The number of hydrogen-bond acceptors (Lipinski definition) is 3. The highest BCUT2D eigenvalue weighted by atomic mass is 15.1. The predicted octanol–water partition coefficient (Wildman–Crippen LogP) is 2.94. The van der Waals surface area contributed by atoms with Crippen molar-refractivity contribution >= 4 is 5.69 Å². The Morgan fingerprint density at radius 3 is 2.18 bits per heavy atom. The summed E-state index contributed by atoms with van der Waals surface area (Å²) in [4.78, 5) is 2.12. The molecule has 0 radical (unpaired) electrons. The first-order chi connectivity index (χ1) is 8.19. The van der Waals surface area contributed by atoms with Gasteiger partial charge in [-0.2, -0.15) is 10.5 Å². The van der Waals surface area contributed by atoms with Crippen molar-refractivity contribution in [1.82, 2.24) is 0 Å². The van der Waals surface area contributed by atoms with Gasteiger partial charge in [-0.25, -0.2) is 0 Å². The number of nitriles is 2. The molecule has 3 heteroatoms. The molecule has 0 saturated carbocycles. The van der Waals surface area contributed by atoms with Gasteiger partial charge in [0.05, 0.1) is 25.0 Å². The van der Waals surface area contributed by atoms with Crippen LogP contribution in [0.5, 0.6) is 0 Å². The maximum atomic E-state index is 8.67. The zero-order valence-corrected chi connectivity index (χ0v) is 10.4. The Balaban J connectivity index is 2.91. The molecular formula is C14H17N3. The fourth-order valence-corrected chi connectivity index (χ4v) is 1.78. The molecule has 0 aliphatic carbocycles. The molecule has 1 rings (SSSR count). The quantitative estimate of drug-likeness (QED) is 0.777. The normalized spacial score (nSPS) is 9.41. The van der Waals surface area contributed by atoms with E-state index in [1.165, 1.54) is 11.1 Å². The molecule has 0 N–H and O–H groups in total. The SMILES string of the molecule is Cc1ccc(C)c(N(CCC#N)CCC#N)c1. The summed E-state index contributed by atoms with van der Waals surface area (Å²) in [7, 11) is 0. The van der Waals surface area contributed by atoms with Crippen LogP contribution in [0, 0.1) is 36.5 Å². The second-order valence-electron chi connectivity index (χ2n) is 4.09. The standard InChI is InChI=1S/C14H17N3/c1-12-5-6-13(2)14(11-12)17(9-3-7-15)10-4-8-16/h5-6,11H,3-4,9-10H2,1-2H3. The van der Waals surface area contributed by atoms with Gasteiger partial charge in [0.1, 0.15) is 0 Å². The third kappa shape index (κ3) is 3.81. The largest absolute Gasteiger partial charge is 0.369 e. The Morgan fingerprint density at radius 2 is 1.65 bits per heavy atom. The lowest BCUT2D eigenvalue weighted by molar-refractivity contribution is 0.793. The van der Waals surface area contributed by atoms with Crippen LogP contribution in [-0.2, 0) is 0 Å². The first-order valence-corrected chi connectivity index (χ1v) is 5.75. The summed E-state index contributed by atoms with van der Waals surface area (Å²) in [6, 6.07) is 10.6. The van der Waals surface area contributed by atoms with Crippen LogP contribution >= 0.6 is 0 Å². The maximum Gasteiger partial charge on any atom is 0.0640 e. The molecule has 0 spiro atoms. The molecule has 0 aromatic heterocycles. The zero-order chi connectivity index (χ0) is 12.7. The number of benzene rings is 1. The molecule has 17 heavy (non-hydrogen) atoms. The molecule has 0 aliphatic heterocycles. The average Bonchev–Trinajstić information content (AvgIpc) is 2.33. The Hall–Kier alpha value is -2.00. The smallest absolute Gasteiger partial charge is 0.0640 e. The van der Waals surface area contributed by atoms with Gasteiger partial charge in [-0.15, -0.1) is 0 Å². The van der Waals surface area contributed by atoms with Crippen LogP contribution in [0.15, 0.2) is 18.2 Å². The van der Waals surface area contributed by atoms with Gasteiger partial charge in [0.2, 0.25) is 0 Å². The van der Waals surface area contributed by atoms with Crippen molar-refractivity contribution < 1.29 is 0 Å². The molecule has 0 saturated heterocycles. The maximum absolute atomic E-state index is 8.67. The van der Waals surface area contributed by atoms with Gasteiger partial charge in [-0.1, -0.05) is 12.1 Å². The van der Waals surface area contributed by atoms with E-state index in [-0.39, 0.29) is 0 Å². The number of hydrogen-bond donors (Lipinski definition) is 0. The van der Waals surface area contributed by atoms with Gasteiger partial charge in [-0.05, 0) is 31.0 Å². The lowest BCUT2D eigenvalue weighted by Gasteiger charge is -2.25. The minimum absolute atomic E-state index is 0.485. The van der Waals surface area contributed by atoms with Crippen molar-refractivity contribution in [2.24, 2.45) is 0 Å². The van der Waals surface area contributed by atoms with E-state index in [0.717, 1.165) is 5.69 Å². The van der Waals surface area contributed by atoms with Crippen molar-refractivity contribution in [3.63, 3.8) is 0 Å². The molecule has 1 aromatic rings. The summed E-state index contributed by atoms with van der Waals surface area (Å²) in [5, 5.41) is 17.3. The van der Waals surface area contributed by atoms with E-state index in [2.05, 4.69) is 49.1 Å². The fourth-order valence-electron chi connectivity index (χ4n) is 1.78. The van der Waals surface area contributed by atoms with Gasteiger partial charge >= 0.3 is 0 Å². The van der Waals surface area contributed by atoms with E-state index in [4.69, 9.17) is 10.5 Å². The number of rotatable bonds is 5. The van der Waals surface area contributed by atoms with Crippen molar-refractivity contribution in [1.29, 1.82) is 10.5 Å². The number of aryl methyl sites for hydroxylation is 2. The van der Waals surface area contributed by atoms with Crippen LogP contribution in [0.4, 0.5) is 5.69 Å². The van der Waals surface area contributed by atoms with Gasteiger partial charge in [-0.3, -0.25) is 0 Å². The lowest BCUT2D eigenvalue weighted by atomic mass is 10.1. The lowest BCUT2D eigenvalue weighted by Crippen LogP contribution is -2.26. The molecule has 0 amide bonds. The molecular weight excluding hydrogens is 210 g/mol. The molecule has 3 nitrogen and oxygen atoms in total. The van der Waals surface area contributed by atoms with Crippen molar-refractivity contribution in [2.45, 2.75) is 26.7 Å². The second kappa shape index (κ2) is 6.55. The summed E-state index contributed by atoms with van der Waals surface area (Å²) < 4.78 is 0. The van der Waals surface area contributed by atoms with E-state index in [1.807, 2.05) is 0 Å². The van der Waals surface area contributed by atoms with Crippen molar-refractivity contribution in [3.05, 3.63) is 29.3 Å². The molecule has 0 bridgehead atoms. The topological polar surface area (TPSA) is 50.8 Å². The fraction of sp³-hybridized carbons (Fsp3) is 0.429. The van der Waals surface area contributed by atoms with Crippen molar-refractivity contribution in [2.75, 3.05) is 18.0 Å². The first kappa shape index (κ1) is 13.1. The van der Waals surface area contributed by atoms with E-state index in [1.54, 1.807) is 0 Å². The molecule has 0 aliphatic rings. The van der Waals surface area contributed by atoms with E-state index in [0.29, 0.717) is 25.9 Å². The van der Waals surface area contributed by atoms with Crippen LogP contribution < -0.4 is 4.90 Å². The molecule has 1 aromatic carbocycles. The van der Waals surface area contributed by atoms with Crippen LogP contribution in [0.3, 0.4) is 0 Å². The Labute approximate surface area is 103 Å². The Bertz CT molecular complexity index is 434. The monoisotopic (exact) mass is 227 g/mol. The number of anilines is 1. The molecule has 0 atom stereocenters. The molecule has 0 heterocycles. The summed E-state index contributed by atoms with van der Waals surface area (Å²) in [5.41, 5.74) is 3.52. The second-order valence-corrected chi connectivity index (χ2v) is 4.09. The summed E-state index contributed by atoms with van der Waals surface area (Å²) in [6.07, 6.45) is 0.970. The van der Waals surface area contributed by atoms with Crippen LogP contribution in [-0.4, -0.2) is 13.1 Å². The van der Waals surface area contributed by atoms with E-state index < -0.39 is 0 Å². The summed E-state index contributed by atoms with van der Waals surface area (Å²) in [5.74, 6) is 0. The van der Waals surface area contributed by atoms with Gasteiger partial charge in [0.15, 0.2) is 0 Å². The molecule has 0 unspecified atom stereocenters. The highest BCUT2D eigenvalue weighted by Crippen LogP contribution is 2.21. The van der Waals surface area contributed by atoms with Gasteiger partial charge in [0.25, 0.3) is 0 Å². The highest BCUT2D eigenvalue weighted by Gasteiger charge is 2.08. The minimum atomic E-state index is 0.485. The summed E-state index contributed by atoms with van der Waals surface area (Å²) >= 11 is 0. The Morgan fingerprint density at radius 1 is 1.06 bits per heavy atom. The number of nitrogens with zero attached hydrogens (tertiary/aromatic N) is 3. The minimum Gasteiger partial charge on any atom is -0.369 e. The first-order valence-electron chi connectivity index (χ1n) is 5.75. The highest BCUT2D eigenvalue weighted by molar-refractivity contribution is 5.55. The van der Waals surface area contributed by atoms with Gasteiger partial charge in [0, 0.05) is 18.8 Å². The third-order valence-corrected chi connectivity index (χ3v) is 2.69. The third-order valence-electron chi connectivity index (χ3n) is 2.69. The van der Waals surface area contributed by atoms with E-state index in [9.17, 15) is 0 Å². The zero-order valence-electron chi connectivity index (χ0n) is 10.4. The molecule has 0 fully saturated rings. The van der Waals surface area contributed by atoms with Crippen molar-refractivity contribution in [3.8, 4) is 12.1 Å².